The molecule has 2 amide bonds. The standard InChI is InChI=1S/C27H28F4N6O3/c1-16-5-4-11-37(14-16)26-35-23(27(29,30)31)22(40-26)24(38)34-17-8-9-21(32-13-17)33-18-10-12-36(15-18)25(39)19-6-2-3-7-20(19)28/h2-3,6-9,13,16,18H,4-5,10-12,14-15H2,1H3,(H,32,33)(H,34,38). The summed E-state index contributed by atoms with van der Waals surface area (Å²) in [5, 5.41) is 5.57. The highest BCUT2D eigenvalue weighted by Gasteiger charge is 2.42. The zero-order chi connectivity index (χ0) is 28.4. The first kappa shape index (κ1) is 27.4. The van der Waals surface area contributed by atoms with Crippen molar-refractivity contribution in [2.45, 2.75) is 38.4 Å². The van der Waals surface area contributed by atoms with E-state index in [1.807, 2.05) is 6.92 Å². The Labute approximate surface area is 227 Å². The summed E-state index contributed by atoms with van der Waals surface area (Å²) >= 11 is 0. The van der Waals surface area contributed by atoms with E-state index in [0.29, 0.717) is 38.4 Å². The van der Waals surface area contributed by atoms with Gasteiger partial charge in [-0.05, 0) is 49.4 Å². The van der Waals surface area contributed by atoms with Crippen LogP contribution in [0.4, 0.5) is 35.1 Å². The predicted molar refractivity (Wildman–Crippen MR) is 139 cm³/mol. The molecule has 2 fully saturated rings. The number of amides is 2. The lowest BCUT2D eigenvalue weighted by Gasteiger charge is -2.29. The topological polar surface area (TPSA) is 104 Å². The fourth-order valence-electron chi connectivity index (χ4n) is 4.97. The highest BCUT2D eigenvalue weighted by Crippen LogP contribution is 2.35. The first-order chi connectivity index (χ1) is 19.1. The van der Waals surface area contributed by atoms with Gasteiger partial charge in [-0.2, -0.15) is 18.2 Å². The molecule has 13 heteroatoms. The lowest BCUT2D eigenvalue weighted by Crippen LogP contribution is -2.34. The maximum absolute atomic E-state index is 14.0. The van der Waals surface area contributed by atoms with Crippen LogP contribution in [0.5, 0.6) is 0 Å². The Morgan fingerprint density at radius 3 is 2.58 bits per heavy atom. The third-order valence-corrected chi connectivity index (χ3v) is 6.97. The molecule has 2 atom stereocenters. The summed E-state index contributed by atoms with van der Waals surface area (Å²) in [5.74, 6) is -2.25. The maximum Gasteiger partial charge on any atom is 0.437 e. The van der Waals surface area contributed by atoms with Crippen LogP contribution in [-0.4, -0.2) is 58.9 Å². The van der Waals surface area contributed by atoms with Crippen LogP contribution in [0, 0.1) is 11.7 Å². The Balaban J connectivity index is 1.21. The van der Waals surface area contributed by atoms with Gasteiger partial charge in [-0.25, -0.2) is 9.37 Å². The van der Waals surface area contributed by atoms with Crippen LogP contribution < -0.4 is 15.5 Å². The monoisotopic (exact) mass is 560 g/mol. The first-order valence-corrected chi connectivity index (χ1v) is 13.0. The molecule has 0 radical (unpaired) electrons. The fraction of sp³-hybridized carbons (Fsp3) is 0.407. The van der Waals surface area contributed by atoms with Crippen LogP contribution in [0.15, 0.2) is 47.0 Å². The molecule has 2 aromatic heterocycles. The number of piperidine rings is 1. The van der Waals surface area contributed by atoms with E-state index < -0.39 is 35.3 Å². The largest absolute Gasteiger partial charge is 0.437 e. The average Bonchev–Trinajstić information content (AvgIpc) is 3.58. The van der Waals surface area contributed by atoms with Crippen molar-refractivity contribution in [2.24, 2.45) is 5.92 Å². The molecule has 212 valence electrons. The average molecular weight is 561 g/mol. The molecule has 2 aliphatic heterocycles. The second-order valence-corrected chi connectivity index (χ2v) is 10.1. The van der Waals surface area contributed by atoms with Gasteiger partial charge in [0.25, 0.3) is 17.8 Å². The van der Waals surface area contributed by atoms with Gasteiger partial charge in [0.15, 0.2) is 5.69 Å². The first-order valence-electron chi connectivity index (χ1n) is 13.0. The van der Waals surface area contributed by atoms with Crippen molar-refractivity contribution in [3.8, 4) is 0 Å². The number of rotatable bonds is 6. The van der Waals surface area contributed by atoms with Gasteiger partial charge in [0.2, 0.25) is 5.76 Å². The number of hydrogen-bond donors (Lipinski definition) is 2. The summed E-state index contributed by atoms with van der Waals surface area (Å²) in [4.78, 5) is 36.4. The third-order valence-electron chi connectivity index (χ3n) is 6.97. The molecule has 0 aliphatic carbocycles. The SMILES string of the molecule is CC1CCCN(c2nc(C(F)(F)F)c(C(=O)Nc3ccc(NC4CCN(C(=O)c5ccccc5F)C4)nc3)o2)C1. The number of nitrogens with one attached hydrogen (secondary N) is 2. The predicted octanol–water partition coefficient (Wildman–Crippen LogP) is 5.04. The minimum Gasteiger partial charge on any atom is -0.417 e. The van der Waals surface area contributed by atoms with Crippen molar-refractivity contribution >= 4 is 29.3 Å². The number of carbonyl (C=O) groups is 2. The Hall–Kier alpha value is -4.16. The molecule has 4 heterocycles. The van der Waals surface area contributed by atoms with Crippen molar-refractivity contribution in [3.63, 3.8) is 0 Å². The van der Waals surface area contributed by atoms with Gasteiger partial charge in [-0.1, -0.05) is 19.1 Å². The molecule has 3 aromatic rings. The van der Waals surface area contributed by atoms with Gasteiger partial charge < -0.3 is 24.9 Å². The van der Waals surface area contributed by atoms with Crippen LogP contribution in [0.2, 0.25) is 0 Å². The molecule has 0 saturated carbocycles. The summed E-state index contributed by atoms with van der Waals surface area (Å²) in [5.41, 5.74) is -1.20. The molecule has 2 unspecified atom stereocenters. The van der Waals surface area contributed by atoms with Crippen molar-refractivity contribution in [1.29, 1.82) is 0 Å². The van der Waals surface area contributed by atoms with E-state index in [4.69, 9.17) is 4.42 Å². The number of anilines is 3. The van der Waals surface area contributed by atoms with Crippen molar-refractivity contribution in [2.75, 3.05) is 41.7 Å². The molecule has 40 heavy (non-hydrogen) atoms. The van der Waals surface area contributed by atoms with E-state index in [9.17, 15) is 27.2 Å². The number of hydrogen-bond acceptors (Lipinski definition) is 7. The molecule has 0 bridgehead atoms. The number of halogens is 4. The Kier molecular flexibility index (Phi) is 7.63. The van der Waals surface area contributed by atoms with E-state index in [1.165, 1.54) is 30.5 Å². The zero-order valence-electron chi connectivity index (χ0n) is 21.7. The van der Waals surface area contributed by atoms with Crippen LogP contribution in [-0.2, 0) is 6.18 Å². The van der Waals surface area contributed by atoms with Gasteiger partial charge in [-0.3, -0.25) is 9.59 Å². The molecular weight excluding hydrogens is 532 g/mol. The number of likely N-dealkylation sites (tertiary alicyclic amines) is 1. The Morgan fingerprint density at radius 2 is 1.88 bits per heavy atom. The number of nitrogens with zero attached hydrogens (tertiary/aromatic N) is 4. The van der Waals surface area contributed by atoms with Gasteiger partial charge >= 0.3 is 6.18 Å². The quantitative estimate of drug-likeness (QED) is 0.407. The van der Waals surface area contributed by atoms with Crippen LogP contribution in [0.1, 0.15) is 52.8 Å². The van der Waals surface area contributed by atoms with E-state index >= 15 is 0 Å². The number of pyridine rings is 1. The molecule has 2 N–H and O–H groups in total. The molecule has 2 aliphatic rings. The molecule has 2 saturated heterocycles. The van der Waals surface area contributed by atoms with Gasteiger partial charge in [0, 0.05) is 32.2 Å². The number of alkyl halides is 3. The second kappa shape index (κ2) is 11.1. The van der Waals surface area contributed by atoms with Crippen molar-refractivity contribution in [1.82, 2.24) is 14.9 Å². The van der Waals surface area contributed by atoms with E-state index in [2.05, 4.69) is 20.6 Å². The highest BCUT2D eigenvalue weighted by molar-refractivity contribution is 6.03. The van der Waals surface area contributed by atoms with Crippen molar-refractivity contribution in [3.05, 3.63) is 65.4 Å². The second-order valence-electron chi connectivity index (χ2n) is 10.1. The highest BCUT2D eigenvalue weighted by atomic mass is 19.4. The maximum atomic E-state index is 14.0. The van der Waals surface area contributed by atoms with Crippen LogP contribution in [0.3, 0.4) is 0 Å². The summed E-state index contributed by atoms with van der Waals surface area (Å²) < 4.78 is 60.3. The van der Waals surface area contributed by atoms with Crippen LogP contribution >= 0.6 is 0 Å². The normalized spacial score (nSPS) is 19.5. The minimum atomic E-state index is -4.87. The molecular formula is C27H28F4N6O3. The third kappa shape index (κ3) is 6.02. The molecule has 0 spiro atoms. The summed E-state index contributed by atoms with van der Waals surface area (Å²) in [6.45, 7) is 3.77. The van der Waals surface area contributed by atoms with Crippen molar-refractivity contribution < 1.29 is 31.6 Å². The molecule has 5 rings (SSSR count). The number of carbonyl (C=O) groups excluding carboxylic acids is 2. The lowest BCUT2D eigenvalue weighted by atomic mass is 10.0. The molecule has 1 aromatic carbocycles. The van der Waals surface area contributed by atoms with E-state index in [1.54, 1.807) is 21.9 Å². The Bertz CT molecular complexity index is 1380. The van der Waals surface area contributed by atoms with Crippen LogP contribution in [0.25, 0.3) is 0 Å². The smallest absolute Gasteiger partial charge is 0.417 e. The summed E-state index contributed by atoms with van der Waals surface area (Å²) in [6, 6.07) is 8.49. The summed E-state index contributed by atoms with van der Waals surface area (Å²) in [6.07, 6.45) is -1.21. The fourth-order valence-corrected chi connectivity index (χ4v) is 4.97. The minimum absolute atomic E-state index is 0.0133. The number of oxazole rings is 1. The summed E-state index contributed by atoms with van der Waals surface area (Å²) in [7, 11) is 0. The van der Waals surface area contributed by atoms with E-state index in [0.717, 1.165) is 12.8 Å². The van der Waals surface area contributed by atoms with E-state index in [-0.39, 0.29) is 29.2 Å². The number of aromatic nitrogens is 2. The lowest BCUT2D eigenvalue weighted by molar-refractivity contribution is -0.141. The Morgan fingerprint density at radius 1 is 1.07 bits per heavy atom. The van der Waals surface area contributed by atoms with Gasteiger partial charge in [0.1, 0.15) is 11.6 Å². The zero-order valence-corrected chi connectivity index (χ0v) is 21.7. The van der Waals surface area contributed by atoms with Gasteiger partial charge in [0.05, 0.1) is 17.4 Å². The number of benzene rings is 1. The molecule has 9 nitrogen and oxygen atoms in total. The van der Waals surface area contributed by atoms with Gasteiger partial charge in [-0.15, -0.1) is 0 Å².